The van der Waals surface area contributed by atoms with Crippen molar-refractivity contribution in [3.63, 3.8) is 0 Å². The fourth-order valence-electron chi connectivity index (χ4n) is 1.50. The van der Waals surface area contributed by atoms with Gasteiger partial charge in [-0.2, -0.15) is 0 Å². The van der Waals surface area contributed by atoms with E-state index in [0.29, 0.717) is 11.7 Å². The molecular weight excluding hydrogens is 230 g/mol. The Labute approximate surface area is 108 Å². The summed E-state index contributed by atoms with van der Waals surface area (Å²) in [5, 5.41) is 8.82. The molecule has 0 atom stereocenters. The Morgan fingerprint density at radius 1 is 1.28 bits per heavy atom. The van der Waals surface area contributed by atoms with Crippen LogP contribution >= 0.6 is 0 Å². The molecule has 0 fully saturated rings. The van der Waals surface area contributed by atoms with Gasteiger partial charge in [-0.15, -0.1) is 0 Å². The molecule has 1 aromatic rings. The minimum atomic E-state index is -0.867. The van der Waals surface area contributed by atoms with Gasteiger partial charge in [0.1, 0.15) is 18.2 Å². The third kappa shape index (κ3) is 3.68. The Morgan fingerprint density at radius 3 is 2.33 bits per heavy atom. The smallest absolute Gasteiger partial charge is 0.323 e. The van der Waals surface area contributed by atoms with Crippen LogP contribution in [0, 0.1) is 0 Å². The lowest BCUT2D eigenvalue weighted by atomic mass is 10.1. The maximum Gasteiger partial charge on any atom is 0.323 e. The lowest BCUT2D eigenvalue weighted by Gasteiger charge is -2.19. The number of carbonyl (C=O) groups is 1. The summed E-state index contributed by atoms with van der Waals surface area (Å²) in [6.45, 7) is 8.12. The Hall–Kier alpha value is -1.65. The minimum absolute atomic E-state index is 0.0634. The van der Waals surface area contributed by atoms with Gasteiger partial charge in [0.2, 0.25) is 0 Å². The molecule has 1 heterocycles. The summed E-state index contributed by atoms with van der Waals surface area (Å²) < 4.78 is 0. The van der Waals surface area contributed by atoms with E-state index in [0.717, 1.165) is 11.5 Å². The van der Waals surface area contributed by atoms with Gasteiger partial charge in [-0.1, -0.05) is 27.7 Å². The van der Waals surface area contributed by atoms with E-state index in [1.165, 1.54) is 0 Å². The summed E-state index contributed by atoms with van der Waals surface area (Å²) in [6.07, 6.45) is 0. The van der Waals surface area contributed by atoms with Crippen LogP contribution in [0.5, 0.6) is 0 Å². The number of carboxylic acids is 1. The lowest BCUT2D eigenvalue weighted by molar-refractivity contribution is -0.135. The van der Waals surface area contributed by atoms with E-state index in [2.05, 4.69) is 23.8 Å². The summed E-state index contributed by atoms with van der Waals surface area (Å²) in [5.41, 5.74) is 0.945. The average molecular weight is 251 g/mol. The van der Waals surface area contributed by atoms with Crippen molar-refractivity contribution in [3.05, 3.63) is 17.6 Å². The van der Waals surface area contributed by atoms with Crippen LogP contribution in [0.2, 0.25) is 0 Å². The van der Waals surface area contributed by atoms with E-state index in [4.69, 9.17) is 5.11 Å². The molecule has 100 valence electrons. The minimum Gasteiger partial charge on any atom is -0.480 e. The molecule has 0 aliphatic carbocycles. The highest BCUT2D eigenvalue weighted by atomic mass is 16.4. The summed E-state index contributed by atoms with van der Waals surface area (Å²) in [5.74, 6) is 1.07. The van der Waals surface area contributed by atoms with E-state index in [9.17, 15) is 4.79 Å². The first-order valence-corrected chi connectivity index (χ1v) is 6.13. The second kappa shape index (κ2) is 5.80. The van der Waals surface area contributed by atoms with Crippen molar-refractivity contribution < 1.29 is 9.90 Å². The van der Waals surface area contributed by atoms with E-state index < -0.39 is 5.97 Å². The number of hydrogen-bond acceptors (Lipinski definition) is 4. The maximum absolute atomic E-state index is 10.7. The van der Waals surface area contributed by atoms with Crippen molar-refractivity contribution in [2.45, 2.75) is 39.5 Å². The molecule has 1 rings (SSSR count). The predicted octanol–water partition coefficient (Wildman–Crippen LogP) is 2.24. The molecule has 0 aliphatic rings. The van der Waals surface area contributed by atoms with Crippen LogP contribution in [0.3, 0.4) is 0 Å². The molecule has 18 heavy (non-hydrogen) atoms. The molecule has 0 amide bonds. The van der Waals surface area contributed by atoms with E-state index >= 15 is 0 Å². The highest BCUT2D eigenvalue weighted by Crippen LogP contribution is 2.21. The number of likely N-dealkylation sites (N-methyl/N-ethyl adjacent to an activating group) is 1. The van der Waals surface area contributed by atoms with Crippen LogP contribution in [0.15, 0.2) is 6.07 Å². The van der Waals surface area contributed by atoms with Gasteiger partial charge in [0.05, 0.1) is 0 Å². The first kappa shape index (κ1) is 14.4. The summed E-state index contributed by atoms with van der Waals surface area (Å²) >= 11 is 0. The highest BCUT2D eigenvalue weighted by Gasteiger charge is 2.14. The Bertz CT molecular complexity index is 404. The second-order valence-electron chi connectivity index (χ2n) is 5.07. The molecule has 1 aromatic heterocycles. The van der Waals surface area contributed by atoms with Crippen molar-refractivity contribution in [1.82, 2.24) is 9.97 Å². The quantitative estimate of drug-likeness (QED) is 0.869. The molecule has 5 nitrogen and oxygen atoms in total. The Balaban J connectivity index is 3.14. The van der Waals surface area contributed by atoms with Crippen LogP contribution < -0.4 is 4.90 Å². The van der Waals surface area contributed by atoms with Gasteiger partial charge in [-0.3, -0.25) is 4.79 Å². The van der Waals surface area contributed by atoms with Gasteiger partial charge in [0, 0.05) is 24.7 Å². The molecule has 0 saturated heterocycles. The SMILES string of the molecule is CC(C)c1cc(N(C)CC(=O)O)nc(C(C)C)n1. The van der Waals surface area contributed by atoms with Gasteiger partial charge in [0.15, 0.2) is 0 Å². The zero-order valence-corrected chi connectivity index (χ0v) is 11.6. The first-order chi connectivity index (χ1) is 8.31. The zero-order valence-electron chi connectivity index (χ0n) is 11.6. The molecule has 0 aromatic carbocycles. The first-order valence-electron chi connectivity index (χ1n) is 6.13. The van der Waals surface area contributed by atoms with Gasteiger partial charge in [-0.05, 0) is 5.92 Å². The molecule has 5 heteroatoms. The summed E-state index contributed by atoms with van der Waals surface area (Å²) in [7, 11) is 1.73. The third-order valence-electron chi connectivity index (χ3n) is 2.62. The Kier molecular flexibility index (Phi) is 4.64. The molecule has 1 N–H and O–H groups in total. The van der Waals surface area contributed by atoms with Crippen molar-refractivity contribution in [2.24, 2.45) is 0 Å². The number of hydrogen-bond donors (Lipinski definition) is 1. The molecule has 0 radical (unpaired) electrons. The number of nitrogens with zero attached hydrogens (tertiary/aromatic N) is 3. The maximum atomic E-state index is 10.7. The van der Waals surface area contributed by atoms with Gasteiger partial charge >= 0.3 is 5.97 Å². The summed E-state index contributed by atoms with van der Waals surface area (Å²) in [6, 6.07) is 1.86. The Morgan fingerprint density at radius 2 is 1.89 bits per heavy atom. The number of aliphatic carboxylic acids is 1. The van der Waals surface area contributed by atoms with Crippen LogP contribution in [-0.4, -0.2) is 34.6 Å². The van der Waals surface area contributed by atoms with Crippen LogP contribution in [0.25, 0.3) is 0 Å². The number of anilines is 1. The van der Waals surface area contributed by atoms with Gasteiger partial charge in [0.25, 0.3) is 0 Å². The van der Waals surface area contributed by atoms with Crippen molar-refractivity contribution in [1.29, 1.82) is 0 Å². The largest absolute Gasteiger partial charge is 0.480 e. The van der Waals surface area contributed by atoms with Gasteiger partial charge in [-0.25, -0.2) is 9.97 Å². The predicted molar refractivity (Wildman–Crippen MR) is 71.1 cm³/mol. The standard InChI is InChI=1S/C13H21N3O2/c1-8(2)10-6-11(16(5)7-12(17)18)15-13(14-10)9(3)4/h6,8-9H,7H2,1-5H3,(H,17,18). The number of rotatable bonds is 5. The highest BCUT2D eigenvalue weighted by molar-refractivity contribution is 5.72. The lowest BCUT2D eigenvalue weighted by Crippen LogP contribution is -2.26. The molecule has 0 bridgehead atoms. The van der Waals surface area contributed by atoms with E-state index in [-0.39, 0.29) is 12.5 Å². The van der Waals surface area contributed by atoms with Gasteiger partial charge < -0.3 is 10.0 Å². The van der Waals surface area contributed by atoms with Crippen LogP contribution in [0.1, 0.15) is 51.0 Å². The third-order valence-corrected chi connectivity index (χ3v) is 2.62. The monoisotopic (exact) mass is 251 g/mol. The van der Waals surface area contributed by atoms with E-state index in [1.54, 1.807) is 11.9 Å². The molecular formula is C13H21N3O2. The normalized spacial score (nSPS) is 11.1. The van der Waals surface area contributed by atoms with Crippen molar-refractivity contribution in [3.8, 4) is 0 Å². The fourth-order valence-corrected chi connectivity index (χ4v) is 1.50. The molecule has 0 spiro atoms. The average Bonchev–Trinajstić information content (AvgIpc) is 2.27. The second-order valence-corrected chi connectivity index (χ2v) is 5.07. The van der Waals surface area contributed by atoms with Crippen molar-refractivity contribution >= 4 is 11.8 Å². The van der Waals surface area contributed by atoms with E-state index in [1.807, 2.05) is 19.9 Å². The fraction of sp³-hybridized carbons (Fsp3) is 0.615. The molecule has 0 saturated carbocycles. The topological polar surface area (TPSA) is 66.3 Å². The van der Waals surface area contributed by atoms with Crippen molar-refractivity contribution in [2.75, 3.05) is 18.5 Å². The zero-order chi connectivity index (χ0) is 13.9. The molecule has 0 unspecified atom stereocenters. The number of carboxylic acid groups (broad SMARTS) is 1. The number of aromatic nitrogens is 2. The molecule has 0 aliphatic heterocycles. The van der Waals surface area contributed by atoms with Crippen LogP contribution in [-0.2, 0) is 4.79 Å². The summed E-state index contributed by atoms with van der Waals surface area (Å²) in [4.78, 5) is 21.3. The van der Waals surface area contributed by atoms with Crippen LogP contribution in [0.4, 0.5) is 5.82 Å².